The topological polar surface area (TPSA) is 34.1 Å². The smallest absolute Gasteiger partial charge is 0.210 e. The standard InChI is InChI=1S/C20H8Br4O2S3/c21-11-5-1-9(2-6-11)13-17-15(27-19(13)23)16-18(29(17,25)26)14(20(24)28-16)10-3-7-12(22)8-4-10/h1-8H. The van der Waals surface area contributed by atoms with Gasteiger partial charge >= 0.3 is 0 Å². The molecule has 1 aliphatic heterocycles. The fourth-order valence-corrected chi connectivity index (χ4v) is 11.1. The Labute approximate surface area is 209 Å². The van der Waals surface area contributed by atoms with Crippen LogP contribution in [-0.4, -0.2) is 8.42 Å². The summed E-state index contributed by atoms with van der Waals surface area (Å²) in [5, 5.41) is 0. The molecular formula is C20H8Br4O2S3. The Balaban J connectivity index is 1.79. The summed E-state index contributed by atoms with van der Waals surface area (Å²) in [6, 6.07) is 15.4. The molecule has 3 heterocycles. The van der Waals surface area contributed by atoms with Gasteiger partial charge in [-0.2, -0.15) is 0 Å². The predicted molar refractivity (Wildman–Crippen MR) is 135 cm³/mol. The van der Waals surface area contributed by atoms with Crippen molar-refractivity contribution in [2.45, 2.75) is 9.79 Å². The van der Waals surface area contributed by atoms with Crippen molar-refractivity contribution in [1.29, 1.82) is 0 Å². The minimum absolute atomic E-state index is 0.406. The monoisotopic (exact) mass is 692 g/mol. The molecule has 5 rings (SSSR count). The number of rotatable bonds is 2. The van der Waals surface area contributed by atoms with E-state index in [9.17, 15) is 8.42 Å². The van der Waals surface area contributed by atoms with Crippen molar-refractivity contribution in [2.75, 3.05) is 0 Å². The van der Waals surface area contributed by atoms with Gasteiger partial charge in [-0.1, -0.05) is 56.1 Å². The van der Waals surface area contributed by atoms with Crippen molar-refractivity contribution in [2.24, 2.45) is 0 Å². The van der Waals surface area contributed by atoms with E-state index in [1.165, 1.54) is 22.7 Å². The Morgan fingerprint density at radius 1 is 0.586 bits per heavy atom. The van der Waals surface area contributed by atoms with Gasteiger partial charge in [-0.3, -0.25) is 0 Å². The lowest BCUT2D eigenvalue weighted by atomic mass is 10.1. The maximum absolute atomic E-state index is 13.8. The fraction of sp³-hybridized carbons (Fsp3) is 0. The number of hydrogen-bond acceptors (Lipinski definition) is 4. The highest BCUT2D eigenvalue weighted by atomic mass is 79.9. The first kappa shape index (κ1) is 20.6. The Morgan fingerprint density at radius 2 is 0.931 bits per heavy atom. The first-order valence-electron chi connectivity index (χ1n) is 8.21. The van der Waals surface area contributed by atoms with E-state index < -0.39 is 9.84 Å². The molecule has 0 amide bonds. The number of sulfone groups is 1. The molecule has 146 valence electrons. The molecule has 1 aliphatic rings. The first-order valence-corrected chi connectivity index (χ1v) is 14.5. The van der Waals surface area contributed by atoms with Crippen LogP contribution in [0.25, 0.3) is 32.0 Å². The Morgan fingerprint density at radius 3 is 1.28 bits per heavy atom. The molecule has 2 aromatic carbocycles. The van der Waals surface area contributed by atoms with Crippen LogP contribution in [0.2, 0.25) is 0 Å². The van der Waals surface area contributed by atoms with Crippen LogP contribution in [0.15, 0.2) is 74.8 Å². The summed E-state index contributed by atoms with van der Waals surface area (Å²) in [4.78, 5) is 2.42. The van der Waals surface area contributed by atoms with Gasteiger partial charge < -0.3 is 0 Å². The molecule has 0 saturated carbocycles. The second-order valence-corrected chi connectivity index (χ2v) is 14.7. The van der Waals surface area contributed by atoms with Crippen molar-refractivity contribution in [3.63, 3.8) is 0 Å². The second-order valence-electron chi connectivity index (χ2n) is 6.34. The van der Waals surface area contributed by atoms with Crippen LogP contribution in [-0.2, 0) is 9.84 Å². The van der Waals surface area contributed by atoms with Gasteiger partial charge in [0.15, 0.2) is 0 Å². The van der Waals surface area contributed by atoms with Gasteiger partial charge in [0, 0.05) is 20.1 Å². The van der Waals surface area contributed by atoms with Crippen molar-refractivity contribution < 1.29 is 8.42 Å². The van der Waals surface area contributed by atoms with Gasteiger partial charge in [-0.05, 0) is 67.3 Å². The largest absolute Gasteiger partial charge is 0.218 e. The summed E-state index contributed by atoms with van der Waals surface area (Å²) >= 11 is 17.1. The summed E-state index contributed by atoms with van der Waals surface area (Å²) in [6.45, 7) is 0. The number of benzene rings is 2. The highest BCUT2D eigenvalue weighted by Gasteiger charge is 2.43. The second kappa shape index (κ2) is 7.39. The van der Waals surface area contributed by atoms with E-state index in [-0.39, 0.29) is 0 Å². The van der Waals surface area contributed by atoms with E-state index in [0.29, 0.717) is 9.79 Å². The molecule has 0 radical (unpaired) electrons. The maximum Gasteiger partial charge on any atom is 0.210 e. The maximum atomic E-state index is 13.8. The molecule has 0 saturated heterocycles. The molecule has 0 fully saturated rings. The van der Waals surface area contributed by atoms with E-state index in [0.717, 1.165) is 48.5 Å². The third kappa shape index (κ3) is 3.20. The van der Waals surface area contributed by atoms with E-state index in [4.69, 9.17) is 0 Å². The molecule has 2 aromatic heterocycles. The van der Waals surface area contributed by atoms with Gasteiger partial charge in [0.2, 0.25) is 9.84 Å². The van der Waals surface area contributed by atoms with Gasteiger partial charge in [0.1, 0.15) is 9.79 Å². The lowest BCUT2D eigenvalue weighted by molar-refractivity contribution is 0.599. The Kier molecular flexibility index (Phi) is 5.25. The van der Waals surface area contributed by atoms with Gasteiger partial charge in [0.05, 0.1) is 17.3 Å². The van der Waals surface area contributed by atoms with Gasteiger partial charge in [0.25, 0.3) is 0 Å². The summed E-state index contributed by atoms with van der Waals surface area (Å²) in [5.74, 6) is 0. The molecule has 2 nitrogen and oxygen atoms in total. The molecule has 4 aromatic rings. The third-order valence-corrected chi connectivity index (χ3v) is 11.7. The number of hydrogen-bond donors (Lipinski definition) is 0. The van der Waals surface area contributed by atoms with Crippen molar-refractivity contribution >= 4 is 96.2 Å². The molecule has 0 bridgehead atoms. The number of thiophene rings is 2. The average molecular weight is 696 g/mol. The minimum atomic E-state index is -3.66. The number of fused-ring (bicyclic) bond motifs is 3. The first-order chi connectivity index (χ1) is 13.8. The van der Waals surface area contributed by atoms with Crippen LogP contribution >= 0.6 is 86.4 Å². The van der Waals surface area contributed by atoms with E-state index in [1.807, 2.05) is 48.5 Å². The molecule has 9 heteroatoms. The number of halogens is 4. The van der Waals surface area contributed by atoms with Gasteiger partial charge in [-0.25, -0.2) is 8.42 Å². The quantitative estimate of drug-likeness (QED) is 0.185. The molecule has 0 N–H and O–H groups in total. The van der Waals surface area contributed by atoms with E-state index in [2.05, 4.69) is 63.7 Å². The lowest BCUT2D eigenvalue weighted by Gasteiger charge is -2.08. The summed E-state index contributed by atoms with van der Waals surface area (Å²) in [5.41, 5.74) is 3.22. The van der Waals surface area contributed by atoms with E-state index in [1.54, 1.807) is 0 Å². The summed E-state index contributed by atoms with van der Waals surface area (Å²) < 4.78 is 31.1. The highest BCUT2D eigenvalue weighted by molar-refractivity contribution is 9.11. The third-order valence-electron chi connectivity index (χ3n) is 4.65. The van der Waals surface area contributed by atoms with Gasteiger partial charge in [-0.15, -0.1) is 22.7 Å². The molecule has 0 atom stereocenters. The van der Waals surface area contributed by atoms with Crippen LogP contribution in [0.3, 0.4) is 0 Å². The normalized spacial score (nSPS) is 14.1. The van der Waals surface area contributed by atoms with Crippen LogP contribution in [0.1, 0.15) is 0 Å². The van der Waals surface area contributed by atoms with Crippen LogP contribution in [0.5, 0.6) is 0 Å². The Hall–Kier alpha value is -0.290. The molecule has 0 spiro atoms. The van der Waals surface area contributed by atoms with Crippen molar-refractivity contribution in [1.82, 2.24) is 0 Å². The highest BCUT2D eigenvalue weighted by Crippen LogP contribution is 2.61. The predicted octanol–water partition coefficient (Wildman–Crippen LogP) is 9.01. The average Bonchev–Trinajstić information content (AvgIpc) is 3.26. The van der Waals surface area contributed by atoms with Crippen LogP contribution in [0, 0.1) is 0 Å². The molecule has 0 unspecified atom stereocenters. The SMILES string of the molecule is O=S1(=O)c2c(sc(Br)c2-c2ccc(Br)cc2)-c2sc(Br)c(-c3ccc(Br)cc3)c21. The summed E-state index contributed by atoms with van der Waals surface area (Å²) in [7, 11) is -3.66. The summed E-state index contributed by atoms with van der Waals surface area (Å²) in [6.07, 6.45) is 0. The van der Waals surface area contributed by atoms with Crippen molar-refractivity contribution in [3.05, 3.63) is 65.0 Å². The zero-order chi connectivity index (χ0) is 20.5. The zero-order valence-electron chi connectivity index (χ0n) is 14.2. The Bertz CT molecular complexity index is 1280. The molecule has 0 aliphatic carbocycles. The minimum Gasteiger partial charge on any atom is -0.218 e. The van der Waals surface area contributed by atoms with Crippen LogP contribution < -0.4 is 0 Å². The van der Waals surface area contributed by atoms with Crippen molar-refractivity contribution in [3.8, 4) is 32.0 Å². The lowest BCUT2D eigenvalue weighted by Crippen LogP contribution is -1.99. The van der Waals surface area contributed by atoms with Crippen LogP contribution in [0.4, 0.5) is 0 Å². The molecule has 29 heavy (non-hydrogen) atoms. The fourth-order valence-electron chi connectivity index (χ4n) is 3.42. The van der Waals surface area contributed by atoms with E-state index >= 15 is 0 Å². The zero-order valence-corrected chi connectivity index (χ0v) is 23.0. The molecular weight excluding hydrogens is 688 g/mol.